The van der Waals surface area contributed by atoms with E-state index in [1.165, 1.54) is 0 Å². The highest BCUT2D eigenvalue weighted by Crippen LogP contribution is 2.29. The smallest absolute Gasteiger partial charge is 0.247 e. The zero-order chi connectivity index (χ0) is 28.8. The summed E-state index contributed by atoms with van der Waals surface area (Å²) < 4.78 is 0. The first-order valence-electron chi connectivity index (χ1n) is 14.0. The Hall–Kier alpha value is -4.57. The Labute approximate surface area is 239 Å². The molecule has 1 aromatic heterocycles. The third-order valence-corrected chi connectivity index (χ3v) is 7.88. The van der Waals surface area contributed by atoms with Gasteiger partial charge in [-0.3, -0.25) is 9.59 Å². The molecule has 0 saturated heterocycles. The third-order valence-electron chi connectivity index (χ3n) is 7.88. The topological polar surface area (TPSA) is 165 Å². The van der Waals surface area contributed by atoms with E-state index in [1.807, 2.05) is 43.3 Å². The number of aromatic nitrogens is 4. The highest BCUT2D eigenvalue weighted by molar-refractivity contribution is 5.97. The monoisotopic (exact) mass is 552 g/mol. The van der Waals surface area contributed by atoms with Crippen LogP contribution in [-0.4, -0.2) is 45.0 Å². The van der Waals surface area contributed by atoms with Gasteiger partial charge in [0.25, 0.3) is 0 Å². The maximum absolute atomic E-state index is 13.6. The predicted octanol–water partition coefficient (Wildman–Crippen LogP) is 3.86. The highest BCUT2D eigenvalue weighted by Gasteiger charge is 2.29. The molecule has 1 saturated carbocycles. The zero-order valence-electron chi connectivity index (χ0n) is 23.1. The summed E-state index contributed by atoms with van der Waals surface area (Å²) in [6.45, 7) is 2.69. The molecule has 41 heavy (non-hydrogen) atoms. The summed E-state index contributed by atoms with van der Waals surface area (Å²) >= 11 is 0. The Morgan fingerprint density at radius 2 is 1.78 bits per heavy atom. The number of carbonyl (C=O) groups is 2. The second-order valence-electron chi connectivity index (χ2n) is 10.8. The van der Waals surface area contributed by atoms with Crippen molar-refractivity contribution in [2.75, 3.05) is 17.6 Å². The fraction of sp³-hybridized carbons (Fsp3) is 0.323. The van der Waals surface area contributed by atoms with E-state index < -0.39 is 6.04 Å². The number of nitrogen functional groups attached to an aromatic ring is 1. The molecule has 3 aromatic carbocycles. The van der Waals surface area contributed by atoms with Crippen molar-refractivity contribution in [3.05, 3.63) is 77.9 Å². The fourth-order valence-corrected chi connectivity index (χ4v) is 5.43. The van der Waals surface area contributed by atoms with Crippen molar-refractivity contribution in [1.82, 2.24) is 25.9 Å². The molecule has 1 atom stereocenters. The summed E-state index contributed by atoms with van der Waals surface area (Å²) in [7, 11) is 0. The molecule has 10 nitrogen and oxygen atoms in total. The number of hydrogen-bond acceptors (Lipinski definition) is 7. The van der Waals surface area contributed by atoms with Gasteiger partial charge in [0, 0.05) is 29.3 Å². The number of nitrogens with two attached hydrogens (primary N) is 2. The number of carbonyl (C=O) groups excluding carboxylic acids is 2. The normalized spacial score (nSPS) is 17.5. The van der Waals surface area contributed by atoms with E-state index in [1.54, 1.807) is 24.3 Å². The molecular formula is C31H36N8O2. The maximum atomic E-state index is 13.6. The number of benzene rings is 3. The van der Waals surface area contributed by atoms with Crippen LogP contribution in [0.15, 0.2) is 66.7 Å². The molecule has 2 amide bonds. The second kappa shape index (κ2) is 12.7. The molecule has 212 valence electrons. The fourth-order valence-electron chi connectivity index (χ4n) is 5.43. The van der Waals surface area contributed by atoms with Crippen LogP contribution in [0.3, 0.4) is 0 Å². The van der Waals surface area contributed by atoms with Crippen LogP contribution in [0.25, 0.3) is 22.5 Å². The standard InChI is InChI=1S/C31H36N8O2/c1-19-5-12-25(33)17-27(19)24-4-2-3-21(15-24)16-28(35-30(40)23-8-6-20(18-32)7-9-23)31(41)34-26-13-10-22(11-14-26)29-36-38-39-37-29/h2-5,10-15,17,20,23,28H,6-9,16,18,32-33H2,1H3,(H,34,41)(H,35,40)(H,36,37,38,39). The molecule has 0 aliphatic heterocycles. The van der Waals surface area contributed by atoms with Gasteiger partial charge >= 0.3 is 0 Å². The number of amides is 2. The molecule has 1 aliphatic carbocycles. The van der Waals surface area contributed by atoms with Crippen molar-refractivity contribution in [1.29, 1.82) is 0 Å². The van der Waals surface area contributed by atoms with Gasteiger partial charge in [0.05, 0.1) is 0 Å². The van der Waals surface area contributed by atoms with E-state index in [-0.39, 0.29) is 17.7 Å². The van der Waals surface area contributed by atoms with E-state index in [0.717, 1.165) is 53.5 Å². The number of anilines is 2. The first-order chi connectivity index (χ1) is 19.9. The molecule has 1 fully saturated rings. The molecular weight excluding hydrogens is 516 g/mol. The van der Waals surface area contributed by atoms with E-state index in [0.29, 0.717) is 36.1 Å². The van der Waals surface area contributed by atoms with E-state index in [2.05, 4.69) is 37.3 Å². The molecule has 10 heteroatoms. The van der Waals surface area contributed by atoms with Crippen molar-refractivity contribution >= 4 is 23.2 Å². The Bertz CT molecular complexity index is 1480. The van der Waals surface area contributed by atoms with Crippen LogP contribution < -0.4 is 22.1 Å². The summed E-state index contributed by atoms with van der Waals surface area (Å²) in [5.74, 6) is 0.436. The van der Waals surface area contributed by atoms with Gasteiger partial charge in [0.1, 0.15) is 6.04 Å². The summed E-state index contributed by atoms with van der Waals surface area (Å²) in [4.78, 5) is 26.9. The molecule has 1 heterocycles. The average molecular weight is 553 g/mol. The Morgan fingerprint density at radius 3 is 2.49 bits per heavy atom. The largest absolute Gasteiger partial charge is 0.399 e. The van der Waals surface area contributed by atoms with Gasteiger partial charge in [0.2, 0.25) is 17.6 Å². The molecule has 0 bridgehead atoms. The number of rotatable bonds is 9. The maximum Gasteiger partial charge on any atom is 0.247 e. The lowest BCUT2D eigenvalue weighted by Gasteiger charge is -2.28. The van der Waals surface area contributed by atoms with Crippen molar-refractivity contribution in [2.45, 2.75) is 45.1 Å². The number of tetrazole rings is 1. The van der Waals surface area contributed by atoms with Gasteiger partial charge in [-0.1, -0.05) is 30.3 Å². The van der Waals surface area contributed by atoms with Crippen LogP contribution in [0.1, 0.15) is 36.8 Å². The number of nitrogens with one attached hydrogen (secondary N) is 3. The minimum atomic E-state index is -0.760. The van der Waals surface area contributed by atoms with Crippen LogP contribution in [0, 0.1) is 18.8 Å². The number of aromatic amines is 1. The summed E-state index contributed by atoms with van der Waals surface area (Å²) in [5.41, 5.74) is 18.0. The third kappa shape index (κ3) is 6.96. The van der Waals surface area contributed by atoms with Crippen molar-refractivity contribution in [2.24, 2.45) is 17.6 Å². The van der Waals surface area contributed by atoms with E-state index in [9.17, 15) is 9.59 Å². The van der Waals surface area contributed by atoms with Gasteiger partial charge in [-0.2, -0.15) is 5.21 Å². The van der Waals surface area contributed by atoms with E-state index >= 15 is 0 Å². The second-order valence-corrected chi connectivity index (χ2v) is 10.8. The molecule has 1 unspecified atom stereocenters. The number of hydrogen-bond donors (Lipinski definition) is 5. The number of aryl methyl sites for hydroxylation is 1. The van der Waals surface area contributed by atoms with Gasteiger partial charge in [0.15, 0.2) is 0 Å². The summed E-state index contributed by atoms with van der Waals surface area (Å²) in [6, 6.07) is 20.3. The Morgan fingerprint density at radius 1 is 1.00 bits per heavy atom. The summed E-state index contributed by atoms with van der Waals surface area (Å²) in [6.07, 6.45) is 3.76. The van der Waals surface area contributed by atoms with Crippen LogP contribution in [0.2, 0.25) is 0 Å². The zero-order valence-corrected chi connectivity index (χ0v) is 23.1. The minimum absolute atomic E-state index is 0.0871. The van der Waals surface area contributed by atoms with Crippen molar-refractivity contribution in [3.8, 4) is 22.5 Å². The van der Waals surface area contributed by atoms with Crippen LogP contribution in [-0.2, 0) is 16.0 Å². The van der Waals surface area contributed by atoms with E-state index in [4.69, 9.17) is 11.5 Å². The average Bonchev–Trinajstić information content (AvgIpc) is 3.54. The van der Waals surface area contributed by atoms with Crippen molar-refractivity contribution in [3.63, 3.8) is 0 Å². The minimum Gasteiger partial charge on any atom is -0.399 e. The lowest BCUT2D eigenvalue weighted by molar-refractivity contribution is -0.130. The molecule has 5 rings (SSSR count). The molecule has 0 radical (unpaired) electrons. The molecule has 0 spiro atoms. The van der Waals surface area contributed by atoms with Crippen molar-refractivity contribution < 1.29 is 9.59 Å². The van der Waals surface area contributed by atoms with Crippen LogP contribution in [0.5, 0.6) is 0 Å². The van der Waals surface area contributed by atoms with Gasteiger partial charge in [-0.25, -0.2) is 0 Å². The molecule has 7 N–H and O–H groups in total. The van der Waals surface area contributed by atoms with Crippen LogP contribution >= 0.6 is 0 Å². The van der Waals surface area contributed by atoms with Crippen LogP contribution in [0.4, 0.5) is 11.4 Å². The number of nitrogens with zero attached hydrogens (tertiary/aromatic N) is 3. The quantitative estimate of drug-likeness (QED) is 0.197. The highest BCUT2D eigenvalue weighted by atomic mass is 16.2. The van der Waals surface area contributed by atoms with Gasteiger partial charge in [-0.15, -0.1) is 10.2 Å². The Kier molecular flexibility index (Phi) is 8.69. The number of H-pyrrole nitrogens is 1. The lowest BCUT2D eigenvalue weighted by atomic mass is 9.81. The van der Waals surface area contributed by atoms with Gasteiger partial charge < -0.3 is 22.1 Å². The molecule has 4 aromatic rings. The Balaban J connectivity index is 1.35. The first kappa shape index (κ1) is 28.0. The predicted molar refractivity (Wildman–Crippen MR) is 159 cm³/mol. The summed E-state index contributed by atoms with van der Waals surface area (Å²) in [5, 5.41) is 20.0. The van der Waals surface area contributed by atoms with Gasteiger partial charge in [-0.05, 0) is 109 Å². The molecule has 1 aliphatic rings. The first-order valence-corrected chi connectivity index (χ1v) is 14.0. The SMILES string of the molecule is Cc1ccc(N)cc1-c1cccc(CC(NC(=O)C2CCC(CN)CC2)C(=O)Nc2ccc(-c3nn[nH]n3)cc2)c1. The lowest BCUT2D eigenvalue weighted by Crippen LogP contribution is -2.48.